The van der Waals surface area contributed by atoms with Crippen LogP contribution in [0.15, 0.2) is 66.4 Å². The molecule has 0 aliphatic carbocycles. The van der Waals surface area contributed by atoms with Crippen LogP contribution in [0.5, 0.6) is 0 Å². The normalized spacial score (nSPS) is 12.7. The highest BCUT2D eigenvalue weighted by Gasteiger charge is 2.18. The summed E-state index contributed by atoms with van der Waals surface area (Å²) in [4.78, 5) is 0. The topological polar surface area (TPSA) is 0 Å². The van der Waals surface area contributed by atoms with Crippen molar-refractivity contribution in [2.45, 2.75) is 33.4 Å². The van der Waals surface area contributed by atoms with Gasteiger partial charge in [0, 0.05) is 0 Å². The van der Waals surface area contributed by atoms with Gasteiger partial charge < -0.3 is 0 Å². The number of hydrogen-bond donors (Lipinski definition) is 0. The molecule has 0 bridgehead atoms. The van der Waals surface area contributed by atoms with E-state index in [1.54, 1.807) is 0 Å². The van der Waals surface area contributed by atoms with Crippen LogP contribution in [-0.4, -0.2) is 8.07 Å². The summed E-state index contributed by atoms with van der Waals surface area (Å²) in [6.45, 7) is 13.2. The van der Waals surface area contributed by atoms with Crippen molar-refractivity contribution in [1.29, 1.82) is 0 Å². The van der Waals surface area contributed by atoms with Crippen molar-refractivity contribution >= 4 is 13.3 Å². The molecule has 102 valence electrons. The minimum absolute atomic E-state index is 0.593. The van der Waals surface area contributed by atoms with Crippen LogP contribution in [0.25, 0.3) is 0 Å². The maximum Gasteiger partial charge on any atom is 0.103 e. The summed E-state index contributed by atoms with van der Waals surface area (Å²) in [5.41, 5.74) is 3.60. The average Bonchev–Trinajstić information content (AvgIpc) is 2.37. The van der Waals surface area contributed by atoms with Gasteiger partial charge in [-0.25, -0.2) is 0 Å². The predicted octanol–water partition coefficient (Wildman–Crippen LogP) is 4.86. The standard InChI is InChI=1S/C18H26Si/c1-16(2)13-14-17(3)10-9-15-19(4,5)18-11-7-6-8-12-18/h6-9,11-16H,3,10H2,1-2,4-5H3/b14-13-,15-9-. The van der Waals surface area contributed by atoms with Gasteiger partial charge in [0.1, 0.15) is 8.07 Å². The van der Waals surface area contributed by atoms with Crippen molar-refractivity contribution < 1.29 is 0 Å². The quantitative estimate of drug-likeness (QED) is 0.512. The molecule has 0 nitrogen and oxygen atoms in total. The Labute approximate surface area is 119 Å². The lowest BCUT2D eigenvalue weighted by Crippen LogP contribution is -2.39. The lowest BCUT2D eigenvalue weighted by molar-refractivity contribution is 0.830. The summed E-state index contributed by atoms with van der Waals surface area (Å²) in [7, 11) is -1.44. The third-order valence-electron chi connectivity index (χ3n) is 3.15. The van der Waals surface area contributed by atoms with Gasteiger partial charge in [0.25, 0.3) is 0 Å². The monoisotopic (exact) mass is 270 g/mol. The second kappa shape index (κ2) is 7.30. The van der Waals surface area contributed by atoms with E-state index in [4.69, 9.17) is 0 Å². The number of hydrogen-bond acceptors (Lipinski definition) is 0. The van der Waals surface area contributed by atoms with Crippen molar-refractivity contribution in [3.05, 3.63) is 66.4 Å². The Bertz CT molecular complexity index is 450. The molecule has 1 aromatic carbocycles. The molecule has 0 spiro atoms. The number of benzene rings is 1. The van der Waals surface area contributed by atoms with Crippen molar-refractivity contribution in [3.63, 3.8) is 0 Å². The molecule has 0 unspecified atom stereocenters. The zero-order valence-electron chi connectivity index (χ0n) is 12.7. The summed E-state index contributed by atoms with van der Waals surface area (Å²) in [6, 6.07) is 10.8. The van der Waals surface area contributed by atoms with Crippen molar-refractivity contribution in [2.24, 2.45) is 5.92 Å². The van der Waals surface area contributed by atoms with Crippen LogP contribution in [0.4, 0.5) is 0 Å². The molecule has 19 heavy (non-hydrogen) atoms. The fraction of sp³-hybridized carbons (Fsp3) is 0.333. The van der Waals surface area contributed by atoms with Gasteiger partial charge in [-0.15, -0.1) is 0 Å². The van der Waals surface area contributed by atoms with Gasteiger partial charge >= 0.3 is 0 Å². The van der Waals surface area contributed by atoms with Crippen LogP contribution in [0.1, 0.15) is 20.3 Å². The van der Waals surface area contributed by atoms with E-state index in [1.807, 2.05) is 0 Å². The molecule has 0 aromatic heterocycles. The number of allylic oxidation sites excluding steroid dienone is 4. The van der Waals surface area contributed by atoms with E-state index < -0.39 is 8.07 Å². The largest absolute Gasteiger partial charge is 0.103 e. The number of rotatable bonds is 6. The Kier molecular flexibility index (Phi) is 6.03. The Morgan fingerprint density at radius 2 is 1.84 bits per heavy atom. The summed E-state index contributed by atoms with van der Waals surface area (Å²) in [6.07, 6.45) is 7.58. The van der Waals surface area contributed by atoms with Crippen LogP contribution >= 0.6 is 0 Å². The molecule has 0 N–H and O–H groups in total. The molecule has 0 radical (unpaired) electrons. The first-order valence-corrected chi connectivity index (χ1v) is 10.1. The molecule has 0 saturated heterocycles. The Balaban J connectivity index is 2.59. The molecule has 1 rings (SSSR count). The Morgan fingerprint density at radius 1 is 1.21 bits per heavy atom. The van der Waals surface area contributed by atoms with Gasteiger partial charge in [-0.2, -0.15) is 0 Å². The van der Waals surface area contributed by atoms with E-state index in [0.29, 0.717) is 5.92 Å². The minimum atomic E-state index is -1.44. The Hall–Kier alpha value is -1.34. The lowest BCUT2D eigenvalue weighted by atomic mass is 10.1. The second-order valence-corrected chi connectivity index (χ2v) is 10.3. The Morgan fingerprint density at radius 3 is 2.42 bits per heavy atom. The minimum Gasteiger partial charge on any atom is -0.0955 e. The van der Waals surface area contributed by atoms with Crippen LogP contribution < -0.4 is 5.19 Å². The first-order chi connectivity index (χ1) is 8.92. The molecule has 0 fully saturated rings. The molecule has 0 aliphatic heterocycles. The molecule has 0 amide bonds. The molecular formula is C18H26Si. The van der Waals surface area contributed by atoms with Gasteiger partial charge in [0.2, 0.25) is 0 Å². The molecular weight excluding hydrogens is 244 g/mol. The van der Waals surface area contributed by atoms with Gasteiger partial charge in [-0.05, 0) is 12.3 Å². The van der Waals surface area contributed by atoms with E-state index in [0.717, 1.165) is 6.42 Å². The first kappa shape index (κ1) is 15.7. The van der Waals surface area contributed by atoms with Crippen LogP contribution in [-0.2, 0) is 0 Å². The smallest absolute Gasteiger partial charge is 0.0955 e. The molecule has 0 aliphatic rings. The van der Waals surface area contributed by atoms with E-state index in [-0.39, 0.29) is 0 Å². The summed E-state index contributed by atoms with van der Waals surface area (Å²) < 4.78 is 0. The van der Waals surface area contributed by atoms with Crippen molar-refractivity contribution in [1.82, 2.24) is 0 Å². The fourth-order valence-corrected chi connectivity index (χ4v) is 3.82. The SMILES string of the molecule is C=C(/C=C\C(C)C)C/C=C\[Si](C)(C)c1ccccc1. The third-order valence-corrected chi connectivity index (χ3v) is 6.04. The molecule has 1 heteroatoms. The van der Waals surface area contributed by atoms with Gasteiger partial charge in [-0.1, -0.05) is 98.5 Å². The van der Waals surface area contributed by atoms with E-state index in [2.05, 4.69) is 87.8 Å². The van der Waals surface area contributed by atoms with Gasteiger partial charge in [0.15, 0.2) is 0 Å². The summed E-state index contributed by atoms with van der Waals surface area (Å²) >= 11 is 0. The van der Waals surface area contributed by atoms with Gasteiger partial charge in [0.05, 0.1) is 0 Å². The van der Waals surface area contributed by atoms with Crippen molar-refractivity contribution in [3.8, 4) is 0 Å². The lowest BCUT2D eigenvalue weighted by Gasteiger charge is -2.18. The van der Waals surface area contributed by atoms with Crippen LogP contribution in [0.3, 0.4) is 0 Å². The van der Waals surface area contributed by atoms with Crippen LogP contribution in [0, 0.1) is 5.92 Å². The molecule has 0 heterocycles. The highest BCUT2D eigenvalue weighted by Crippen LogP contribution is 2.09. The zero-order valence-corrected chi connectivity index (χ0v) is 13.7. The highest BCUT2D eigenvalue weighted by molar-refractivity contribution is 6.93. The predicted molar refractivity (Wildman–Crippen MR) is 90.4 cm³/mol. The van der Waals surface area contributed by atoms with Crippen LogP contribution in [0.2, 0.25) is 13.1 Å². The van der Waals surface area contributed by atoms with E-state index in [9.17, 15) is 0 Å². The average molecular weight is 270 g/mol. The maximum absolute atomic E-state index is 4.10. The molecule has 1 aromatic rings. The van der Waals surface area contributed by atoms with E-state index in [1.165, 1.54) is 10.8 Å². The van der Waals surface area contributed by atoms with Crippen molar-refractivity contribution in [2.75, 3.05) is 0 Å². The first-order valence-electron chi connectivity index (χ1n) is 7.01. The maximum atomic E-state index is 4.10. The highest BCUT2D eigenvalue weighted by atomic mass is 28.3. The molecule has 0 atom stereocenters. The summed E-state index contributed by atoms with van der Waals surface area (Å²) in [5, 5.41) is 1.48. The molecule has 0 saturated carbocycles. The zero-order chi connectivity index (χ0) is 14.3. The second-order valence-electron chi connectivity index (χ2n) is 5.96. The fourth-order valence-electron chi connectivity index (χ4n) is 1.87. The summed E-state index contributed by atoms with van der Waals surface area (Å²) in [5.74, 6) is 0.593. The van der Waals surface area contributed by atoms with E-state index >= 15 is 0 Å². The van der Waals surface area contributed by atoms with Gasteiger partial charge in [-0.3, -0.25) is 0 Å². The third kappa shape index (κ3) is 5.89.